The normalized spacial score (nSPS) is 14.3. The summed E-state index contributed by atoms with van der Waals surface area (Å²) in [5, 5.41) is 22.0. The van der Waals surface area contributed by atoms with Gasteiger partial charge in [-0.25, -0.2) is 14.4 Å². The topological polar surface area (TPSA) is 128 Å². The summed E-state index contributed by atoms with van der Waals surface area (Å²) in [5.41, 5.74) is 6.69. The maximum atomic E-state index is 14.8. The van der Waals surface area contributed by atoms with E-state index in [-0.39, 0.29) is 5.82 Å². The fourth-order valence-corrected chi connectivity index (χ4v) is 6.07. The van der Waals surface area contributed by atoms with E-state index < -0.39 is 6.23 Å². The van der Waals surface area contributed by atoms with Crippen molar-refractivity contribution >= 4 is 27.8 Å². The van der Waals surface area contributed by atoms with Crippen molar-refractivity contribution in [1.29, 1.82) is 0 Å². The molecule has 46 heavy (non-hydrogen) atoms. The smallest absolute Gasteiger partial charge is 0.160 e. The second kappa shape index (κ2) is 13.2. The third kappa shape index (κ3) is 6.42. The van der Waals surface area contributed by atoms with Gasteiger partial charge in [-0.05, 0) is 86.3 Å². The molecule has 0 amide bonds. The Morgan fingerprint density at radius 1 is 1.04 bits per heavy atom. The molecule has 7 rings (SSSR count). The van der Waals surface area contributed by atoms with Gasteiger partial charge >= 0.3 is 0 Å². The van der Waals surface area contributed by atoms with Gasteiger partial charge in [0.1, 0.15) is 35.6 Å². The van der Waals surface area contributed by atoms with Gasteiger partial charge in [-0.3, -0.25) is 15.0 Å². The van der Waals surface area contributed by atoms with Crippen molar-refractivity contribution < 1.29 is 14.2 Å². The van der Waals surface area contributed by atoms with Gasteiger partial charge in [0.2, 0.25) is 0 Å². The summed E-state index contributed by atoms with van der Waals surface area (Å²) >= 11 is 0. The van der Waals surface area contributed by atoms with Gasteiger partial charge < -0.3 is 20.1 Å². The number of hydrogen-bond acceptors (Lipinski definition) is 8. The molecule has 0 radical (unpaired) electrons. The van der Waals surface area contributed by atoms with E-state index in [2.05, 4.69) is 42.3 Å². The van der Waals surface area contributed by atoms with E-state index in [0.29, 0.717) is 47.0 Å². The Bertz CT molecular complexity index is 1970. The SMILES string of the molecule is CCCCC(O)Nc1cncc(-c2ccc3[nH]nc(-c4nc5c(-c6cc(F)cc(OCCN7CCCC7)c6)ccnc5[nH]4)c3c2)c1. The number of aliphatic hydroxyl groups is 1. The number of hydrogen-bond donors (Lipinski definition) is 4. The quantitative estimate of drug-likeness (QED) is 0.111. The minimum absolute atomic E-state index is 0.371. The minimum atomic E-state index is -0.627. The number of aromatic nitrogens is 6. The zero-order valence-electron chi connectivity index (χ0n) is 25.8. The van der Waals surface area contributed by atoms with E-state index in [1.54, 1.807) is 18.6 Å². The van der Waals surface area contributed by atoms with Crippen molar-refractivity contribution in [2.45, 2.75) is 45.3 Å². The van der Waals surface area contributed by atoms with Crippen LogP contribution in [0.2, 0.25) is 0 Å². The molecule has 1 fully saturated rings. The number of aliphatic hydroxyl groups excluding tert-OH is 1. The second-order valence-corrected chi connectivity index (χ2v) is 11.8. The van der Waals surface area contributed by atoms with Crippen LogP contribution in [0, 0.1) is 5.82 Å². The molecule has 236 valence electrons. The molecule has 10 nitrogen and oxygen atoms in total. The monoisotopic (exact) mass is 620 g/mol. The first-order chi connectivity index (χ1) is 22.5. The zero-order valence-corrected chi connectivity index (χ0v) is 25.8. The van der Waals surface area contributed by atoms with E-state index in [4.69, 9.17) is 9.72 Å². The van der Waals surface area contributed by atoms with Crippen LogP contribution in [-0.4, -0.2) is 72.6 Å². The van der Waals surface area contributed by atoms with Crippen LogP contribution in [0.1, 0.15) is 39.0 Å². The molecule has 1 saturated heterocycles. The number of rotatable bonds is 12. The summed E-state index contributed by atoms with van der Waals surface area (Å²) in [7, 11) is 0. The van der Waals surface area contributed by atoms with Crippen molar-refractivity contribution in [3.8, 4) is 39.5 Å². The Hall–Kier alpha value is -4.87. The summed E-state index contributed by atoms with van der Waals surface area (Å²) < 4.78 is 20.8. The van der Waals surface area contributed by atoms with Gasteiger partial charge in [0, 0.05) is 41.5 Å². The summed E-state index contributed by atoms with van der Waals surface area (Å²) in [6.45, 7) is 5.62. The van der Waals surface area contributed by atoms with Crippen molar-refractivity contribution in [2.24, 2.45) is 0 Å². The Morgan fingerprint density at radius 2 is 1.93 bits per heavy atom. The standard InChI is InChI=1S/C35H37FN8O2/c1-2-3-6-31(45)39-26-16-24(20-37-21-26)22-7-8-30-29(18-22)33(43-42-30)35-40-32-28(9-10-38-34(32)41-35)23-15-25(36)19-27(17-23)46-14-13-44-11-4-5-12-44/h7-10,15-21,31,39,45H,2-6,11-14H2,1H3,(H,42,43)(H,38,40,41). The highest BCUT2D eigenvalue weighted by Crippen LogP contribution is 2.34. The van der Waals surface area contributed by atoms with Crippen LogP contribution >= 0.6 is 0 Å². The number of pyridine rings is 2. The molecule has 1 aliphatic rings. The Morgan fingerprint density at radius 3 is 2.80 bits per heavy atom. The van der Waals surface area contributed by atoms with E-state index in [1.165, 1.54) is 25.0 Å². The molecule has 0 spiro atoms. The van der Waals surface area contributed by atoms with E-state index >= 15 is 0 Å². The van der Waals surface area contributed by atoms with Crippen LogP contribution in [0.25, 0.3) is 55.8 Å². The predicted molar refractivity (Wildman–Crippen MR) is 178 cm³/mol. The molecule has 5 heterocycles. The van der Waals surface area contributed by atoms with Crippen molar-refractivity contribution in [2.75, 3.05) is 31.6 Å². The summed E-state index contributed by atoms with van der Waals surface area (Å²) in [4.78, 5) is 19.5. The molecule has 1 unspecified atom stereocenters. The largest absolute Gasteiger partial charge is 0.492 e. The maximum Gasteiger partial charge on any atom is 0.160 e. The first-order valence-electron chi connectivity index (χ1n) is 15.9. The highest BCUT2D eigenvalue weighted by molar-refractivity contribution is 5.97. The lowest BCUT2D eigenvalue weighted by Gasteiger charge is -2.15. The molecular formula is C35H37FN8O2. The number of nitrogens with zero attached hydrogens (tertiary/aromatic N) is 5. The van der Waals surface area contributed by atoms with E-state index in [1.807, 2.05) is 36.4 Å². The Labute approximate surface area is 266 Å². The number of H-pyrrole nitrogens is 2. The van der Waals surface area contributed by atoms with Crippen LogP contribution in [0.15, 0.2) is 67.1 Å². The Balaban J connectivity index is 1.17. The number of nitrogens with one attached hydrogen (secondary N) is 3. The number of halogens is 1. The molecule has 1 atom stereocenters. The first-order valence-corrected chi connectivity index (χ1v) is 15.9. The van der Waals surface area contributed by atoms with Crippen LogP contribution in [0.3, 0.4) is 0 Å². The third-order valence-corrected chi connectivity index (χ3v) is 8.47. The number of unbranched alkanes of at least 4 members (excludes halogenated alkanes) is 1. The van der Waals surface area contributed by atoms with Crippen LogP contribution < -0.4 is 10.1 Å². The Kier molecular flexibility index (Phi) is 8.58. The van der Waals surface area contributed by atoms with Crippen LogP contribution in [-0.2, 0) is 0 Å². The average molecular weight is 621 g/mol. The molecule has 2 aromatic carbocycles. The van der Waals surface area contributed by atoms with E-state index in [9.17, 15) is 9.50 Å². The molecule has 6 aromatic rings. The molecule has 0 bridgehead atoms. The molecular weight excluding hydrogens is 583 g/mol. The number of fused-ring (bicyclic) bond motifs is 2. The lowest BCUT2D eigenvalue weighted by Crippen LogP contribution is -2.25. The van der Waals surface area contributed by atoms with Crippen molar-refractivity contribution in [3.63, 3.8) is 0 Å². The number of aromatic amines is 2. The average Bonchev–Trinajstić information content (AvgIpc) is 3.83. The molecule has 0 aliphatic carbocycles. The van der Waals surface area contributed by atoms with Crippen molar-refractivity contribution in [1.82, 2.24) is 35.0 Å². The van der Waals surface area contributed by atoms with Crippen molar-refractivity contribution in [3.05, 3.63) is 72.9 Å². The van der Waals surface area contributed by atoms with E-state index in [0.717, 1.165) is 65.8 Å². The molecule has 0 saturated carbocycles. The minimum Gasteiger partial charge on any atom is -0.492 e. The number of ether oxygens (including phenoxy) is 1. The van der Waals surface area contributed by atoms with Crippen LogP contribution in [0.4, 0.5) is 10.1 Å². The first kappa shape index (κ1) is 29.8. The van der Waals surface area contributed by atoms with Gasteiger partial charge in [-0.2, -0.15) is 5.10 Å². The maximum absolute atomic E-state index is 14.8. The lowest BCUT2D eigenvalue weighted by molar-refractivity contribution is 0.190. The molecule has 4 aromatic heterocycles. The summed E-state index contributed by atoms with van der Waals surface area (Å²) in [5.74, 6) is 0.666. The number of anilines is 1. The number of benzene rings is 2. The highest BCUT2D eigenvalue weighted by Gasteiger charge is 2.18. The fourth-order valence-electron chi connectivity index (χ4n) is 6.07. The van der Waals surface area contributed by atoms with Gasteiger partial charge in [0.05, 0.1) is 17.4 Å². The van der Waals surface area contributed by atoms with Gasteiger partial charge in [0.25, 0.3) is 0 Å². The molecule has 11 heteroatoms. The third-order valence-electron chi connectivity index (χ3n) is 8.47. The predicted octanol–water partition coefficient (Wildman–Crippen LogP) is 6.76. The van der Waals surface area contributed by atoms with Gasteiger partial charge in [-0.1, -0.05) is 19.4 Å². The number of likely N-dealkylation sites (tertiary alicyclic amines) is 1. The highest BCUT2D eigenvalue weighted by atomic mass is 19.1. The van der Waals surface area contributed by atoms with Gasteiger partial charge in [0.15, 0.2) is 11.5 Å². The van der Waals surface area contributed by atoms with Gasteiger partial charge in [-0.15, -0.1) is 0 Å². The summed E-state index contributed by atoms with van der Waals surface area (Å²) in [6.07, 6.45) is 9.64. The number of imidazole rings is 1. The lowest BCUT2D eigenvalue weighted by atomic mass is 10.0. The second-order valence-electron chi connectivity index (χ2n) is 11.8. The molecule has 4 N–H and O–H groups in total. The molecule has 1 aliphatic heterocycles. The summed E-state index contributed by atoms with van der Waals surface area (Å²) in [6, 6.07) is 14.6. The zero-order chi connectivity index (χ0) is 31.5. The fraction of sp³-hybridized carbons (Fsp3) is 0.314. The van der Waals surface area contributed by atoms with Crippen LogP contribution in [0.5, 0.6) is 5.75 Å².